The van der Waals surface area contributed by atoms with Crippen molar-refractivity contribution in [2.45, 2.75) is 45.6 Å². The second-order valence-electron chi connectivity index (χ2n) is 4.85. The summed E-state index contributed by atoms with van der Waals surface area (Å²) in [6, 6.07) is 3.08. The van der Waals surface area contributed by atoms with E-state index in [1.165, 1.54) is 25.7 Å². The molecule has 0 N–H and O–H groups in total. The average Bonchev–Trinajstić information content (AvgIpc) is 2.55. The van der Waals surface area contributed by atoms with Crippen molar-refractivity contribution in [3.8, 4) is 6.07 Å². The molecule has 0 aromatic heterocycles. The molecular formula is C11H20N2. The van der Waals surface area contributed by atoms with Crippen LogP contribution in [0, 0.1) is 16.7 Å². The van der Waals surface area contributed by atoms with Crippen molar-refractivity contribution >= 4 is 0 Å². The molecule has 0 aliphatic heterocycles. The van der Waals surface area contributed by atoms with Gasteiger partial charge in [-0.15, -0.1) is 0 Å². The van der Waals surface area contributed by atoms with E-state index >= 15 is 0 Å². The Labute approximate surface area is 81.5 Å². The van der Waals surface area contributed by atoms with E-state index in [1.54, 1.807) is 0 Å². The first kappa shape index (κ1) is 10.5. The molecule has 0 amide bonds. The van der Waals surface area contributed by atoms with Gasteiger partial charge >= 0.3 is 0 Å². The van der Waals surface area contributed by atoms with Crippen LogP contribution in [0.5, 0.6) is 0 Å². The lowest BCUT2D eigenvalue weighted by molar-refractivity contribution is 0.193. The van der Waals surface area contributed by atoms with E-state index in [-0.39, 0.29) is 5.41 Å². The minimum absolute atomic E-state index is 0.197. The topological polar surface area (TPSA) is 27.0 Å². The molecule has 13 heavy (non-hydrogen) atoms. The van der Waals surface area contributed by atoms with Crippen molar-refractivity contribution in [1.82, 2.24) is 4.90 Å². The van der Waals surface area contributed by atoms with E-state index in [2.05, 4.69) is 18.0 Å². The van der Waals surface area contributed by atoms with Crippen LogP contribution in [0.25, 0.3) is 0 Å². The van der Waals surface area contributed by atoms with Crippen LogP contribution in [-0.4, -0.2) is 24.5 Å². The van der Waals surface area contributed by atoms with Crippen LogP contribution in [0.3, 0.4) is 0 Å². The normalized spacial score (nSPS) is 19.3. The molecule has 0 heterocycles. The van der Waals surface area contributed by atoms with Crippen molar-refractivity contribution in [3.63, 3.8) is 0 Å². The molecule has 1 fully saturated rings. The fourth-order valence-electron chi connectivity index (χ4n) is 2.13. The first-order valence-electron chi connectivity index (χ1n) is 5.17. The highest BCUT2D eigenvalue weighted by Crippen LogP contribution is 2.25. The quantitative estimate of drug-likeness (QED) is 0.667. The predicted molar refractivity (Wildman–Crippen MR) is 54.3 cm³/mol. The maximum Gasteiger partial charge on any atom is 0.0697 e. The molecule has 74 valence electrons. The molecule has 1 aliphatic rings. The molecule has 0 saturated heterocycles. The van der Waals surface area contributed by atoms with Gasteiger partial charge in [-0.05, 0) is 33.7 Å². The minimum Gasteiger partial charge on any atom is -0.302 e. The molecule has 0 unspecified atom stereocenters. The zero-order valence-corrected chi connectivity index (χ0v) is 9.01. The van der Waals surface area contributed by atoms with Crippen LogP contribution in [0.4, 0.5) is 0 Å². The van der Waals surface area contributed by atoms with Gasteiger partial charge in [0, 0.05) is 12.6 Å². The van der Waals surface area contributed by atoms with Crippen LogP contribution in [-0.2, 0) is 0 Å². The first-order valence-corrected chi connectivity index (χ1v) is 5.17. The Morgan fingerprint density at radius 2 is 1.92 bits per heavy atom. The van der Waals surface area contributed by atoms with Crippen molar-refractivity contribution in [1.29, 1.82) is 5.26 Å². The highest BCUT2D eigenvalue weighted by molar-refractivity contribution is 4.94. The summed E-state index contributed by atoms with van der Waals surface area (Å²) in [6.07, 6.45) is 5.36. The highest BCUT2D eigenvalue weighted by Gasteiger charge is 2.25. The van der Waals surface area contributed by atoms with Gasteiger partial charge in [-0.1, -0.05) is 12.8 Å². The lowest BCUT2D eigenvalue weighted by atomic mass is 9.94. The smallest absolute Gasteiger partial charge is 0.0697 e. The van der Waals surface area contributed by atoms with Crippen molar-refractivity contribution in [3.05, 3.63) is 0 Å². The molecule has 1 aliphatic carbocycles. The van der Waals surface area contributed by atoms with E-state index in [1.807, 2.05) is 13.8 Å². The van der Waals surface area contributed by atoms with Gasteiger partial charge in [0.05, 0.1) is 11.5 Å². The lowest BCUT2D eigenvalue weighted by Crippen LogP contribution is -2.36. The summed E-state index contributed by atoms with van der Waals surface area (Å²) in [5.41, 5.74) is -0.197. The van der Waals surface area contributed by atoms with E-state index in [4.69, 9.17) is 5.26 Å². The summed E-state index contributed by atoms with van der Waals surface area (Å²) in [4.78, 5) is 2.36. The lowest BCUT2D eigenvalue weighted by Gasteiger charge is -2.29. The molecular weight excluding hydrogens is 160 g/mol. The van der Waals surface area contributed by atoms with Gasteiger partial charge in [0.25, 0.3) is 0 Å². The molecule has 1 saturated carbocycles. The van der Waals surface area contributed by atoms with E-state index in [0.29, 0.717) is 0 Å². The summed E-state index contributed by atoms with van der Waals surface area (Å²) in [6.45, 7) is 4.92. The van der Waals surface area contributed by atoms with Gasteiger partial charge in [0.1, 0.15) is 0 Å². The molecule has 0 aromatic rings. The molecule has 0 spiro atoms. The molecule has 0 radical (unpaired) electrons. The van der Waals surface area contributed by atoms with Crippen molar-refractivity contribution < 1.29 is 0 Å². The largest absolute Gasteiger partial charge is 0.302 e. The van der Waals surface area contributed by atoms with Crippen LogP contribution in [0.2, 0.25) is 0 Å². The standard InChI is InChI=1S/C11H20N2/c1-11(2,8-12)9-13(3)10-6-4-5-7-10/h10H,4-7,9H2,1-3H3. The molecule has 0 aromatic carbocycles. The maximum atomic E-state index is 8.91. The molecule has 2 nitrogen and oxygen atoms in total. The minimum atomic E-state index is -0.197. The van der Waals surface area contributed by atoms with Gasteiger partial charge in [-0.2, -0.15) is 5.26 Å². The number of rotatable bonds is 3. The van der Waals surface area contributed by atoms with Gasteiger partial charge in [0.2, 0.25) is 0 Å². The number of hydrogen-bond acceptors (Lipinski definition) is 2. The third kappa shape index (κ3) is 3.00. The Morgan fingerprint density at radius 3 is 2.38 bits per heavy atom. The van der Waals surface area contributed by atoms with Crippen LogP contribution in [0.1, 0.15) is 39.5 Å². The highest BCUT2D eigenvalue weighted by atomic mass is 15.1. The molecule has 1 rings (SSSR count). The van der Waals surface area contributed by atoms with Crippen LogP contribution < -0.4 is 0 Å². The third-order valence-corrected chi connectivity index (χ3v) is 2.90. The SMILES string of the molecule is CN(CC(C)(C)C#N)C1CCCC1. The number of nitrogens with zero attached hydrogens (tertiary/aromatic N) is 2. The van der Waals surface area contributed by atoms with Crippen LogP contribution >= 0.6 is 0 Å². The third-order valence-electron chi connectivity index (χ3n) is 2.90. The Bertz CT molecular complexity index is 197. The zero-order valence-electron chi connectivity index (χ0n) is 9.01. The summed E-state index contributed by atoms with van der Waals surface area (Å²) in [7, 11) is 2.15. The zero-order chi connectivity index (χ0) is 9.90. The molecule has 0 bridgehead atoms. The molecule has 2 heteroatoms. The van der Waals surface area contributed by atoms with E-state index in [9.17, 15) is 0 Å². The van der Waals surface area contributed by atoms with Gasteiger partial charge in [-0.25, -0.2) is 0 Å². The van der Waals surface area contributed by atoms with Crippen LogP contribution in [0.15, 0.2) is 0 Å². The van der Waals surface area contributed by atoms with Crippen molar-refractivity contribution in [2.75, 3.05) is 13.6 Å². The second kappa shape index (κ2) is 4.11. The monoisotopic (exact) mass is 180 g/mol. The summed E-state index contributed by atoms with van der Waals surface area (Å²) >= 11 is 0. The number of hydrogen-bond donors (Lipinski definition) is 0. The van der Waals surface area contributed by atoms with Crippen molar-refractivity contribution in [2.24, 2.45) is 5.41 Å². The Morgan fingerprint density at radius 1 is 1.38 bits per heavy atom. The van der Waals surface area contributed by atoms with Gasteiger partial charge < -0.3 is 4.90 Å². The van der Waals surface area contributed by atoms with Gasteiger partial charge in [-0.3, -0.25) is 0 Å². The summed E-state index contributed by atoms with van der Waals surface area (Å²) in [5.74, 6) is 0. The fraction of sp³-hybridized carbons (Fsp3) is 0.909. The second-order valence-corrected chi connectivity index (χ2v) is 4.85. The van der Waals surface area contributed by atoms with E-state index in [0.717, 1.165) is 12.6 Å². The Hall–Kier alpha value is -0.550. The average molecular weight is 180 g/mol. The summed E-state index contributed by atoms with van der Waals surface area (Å²) in [5, 5.41) is 8.91. The maximum absolute atomic E-state index is 8.91. The Kier molecular flexibility index (Phi) is 3.33. The Balaban J connectivity index is 2.40. The first-order chi connectivity index (χ1) is 6.05. The predicted octanol–water partition coefficient (Wildman–Crippen LogP) is 2.41. The van der Waals surface area contributed by atoms with E-state index < -0.39 is 0 Å². The molecule has 0 atom stereocenters. The van der Waals surface area contributed by atoms with Gasteiger partial charge in [0.15, 0.2) is 0 Å². The fourth-order valence-corrected chi connectivity index (χ4v) is 2.13. The summed E-state index contributed by atoms with van der Waals surface area (Å²) < 4.78 is 0. The number of nitriles is 1.